The Morgan fingerprint density at radius 1 is 1.20 bits per heavy atom. The van der Waals surface area contributed by atoms with Crippen molar-refractivity contribution in [3.05, 3.63) is 47.4 Å². The molecule has 1 heterocycles. The van der Waals surface area contributed by atoms with Gasteiger partial charge in [-0.2, -0.15) is 0 Å². The first-order valence-electron chi connectivity index (χ1n) is 8.05. The Kier molecular flexibility index (Phi) is 6.05. The van der Waals surface area contributed by atoms with E-state index in [2.05, 4.69) is 25.3 Å². The number of nitrogens with one attached hydrogen (secondary N) is 2. The molecule has 0 radical (unpaired) electrons. The predicted molar refractivity (Wildman–Crippen MR) is 95.1 cm³/mol. The molecule has 0 aliphatic rings. The van der Waals surface area contributed by atoms with Crippen LogP contribution in [0.4, 0.5) is 11.5 Å². The topological polar surface area (TPSA) is 93.2 Å². The molecule has 132 valence electrons. The van der Waals surface area contributed by atoms with Gasteiger partial charge in [-0.15, -0.1) is 0 Å². The summed E-state index contributed by atoms with van der Waals surface area (Å²) in [6, 6.07) is 8.45. The fourth-order valence-corrected chi connectivity index (χ4v) is 2.10. The molecular formula is C18H22N4O3. The van der Waals surface area contributed by atoms with Crippen LogP contribution in [0.3, 0.4) is 0 Å². The van der Waals surface area contributed by atoms with Crippen LogP contribution in [-0.2, 0) is 4.74 Å². The molecular weight excluding hydrogens is 320 g/mol. The van der Waals surface area contributed by atoms with E-state index in [0.29, 0.717) is 22.9 Å². The number of hydrogen-bond donors (Lipinski definition) is 2. The van der Waals surface area contributed by atoms with Crippen molar-refractivity contribution < 1.29 is 14.3 Å². The van der Waals surface area contributed by atoms with E-state index in [1.54, 1.807) is 37.3 Å². The highest BCUT2D eigenvalue weighted by Crippen LogP contribution is 2.17. The summed E-state index contributed by atoms with van der Waals surface area (Å²) in [4.78, 5) is 32.2. The fourth-order valence-electron chi connectivity index (χ4n) is 2.10. The van der Waals surface area contributed by atoms with Gasteiger partial charge in [0.25, 0.3) is 5.91 Å². The summed E-state index contributed by atoms with van der Waals surface area (Å²) in [6.45, 7) is 5.67. The molecule has 1 unspecified atom stereocenters. The normalized spacial score (nSPS) is 11.5. The van der Waals surface area contributed by atoms with E-state index in [1.807, 2.05) is 13.8 Å². The van der Waals surface area contributed by atoms with Crippen LogP contribution >= 0.6 is 0 Å². The number of esters is 1. The molecule has 1 aromatic carbocycles. The zero-order valence-electron chi connectivity index (χ0n) is 14.8. The third-order valence-corrected chi connectivity index (χ3v) is 3.64. The second kappa shape index (κ2) is 8.23. The van der Waals surface area contributed by atoms with Crippen LogP contribution in [0.25, 0.3) is 0 Å². The molecule has 0 saturated heterocycles. The minimum atomic E-state index is -0.395. The second-order valence-corrected chi connectivity index (χ2v) is 5.66. The summed E-state index contributed by atoms with van der Waals surface area (Å²) in [5.74, 6) is 0.371. The molecule has 1 aromatic heterocycles. The average Bonchev–Trinajstić information content (AvgIpc) is 2.61. The second-order valence-electron chi connectivity index (χ2n) is 5.66. The Bertz CT molecular complexity index is 759. The first kappa shape index (κ1) is 18.4. The first-order valence-corrected chi connectivity index (χ1v) is 8.05. The van der Waals surface area contributed by atoms with Crippen molar-refractivity contribution in [2.45, 2.75) is 33.2 Å². The number of amides is 1. The van der Waals surface area contributed by atoms with E-state index in [9.17, 15) is 9.59 Å². The van der Waals surface area contributed by atoms with Crippen LogP contribution in [0.15, 0.2) is 30.3 Å². The summed E-state index contributed by atoms with van der Waals surface area (Å²) < 4.78 is 4.67. The van der Waals surface area contributed by atoms with E-state index in [1.165, 1.54) is 7.11 Å². The van der Waals surface area contributed by atoms with Crippen LogP contribution in [0.5, 0.6) is 0 Å². The van der Waals surface area contributed by atoms with Crippen molar-refractivity contribution in [3.8, 4) is 0 Å². The van der Waals surface area contributed by atoms with Crippen molar-refractivity contribution in [2.75, 3.05) is 12.4 Å². The Morgan fingerprint density at radius 3 is 2.48 bits per heavy atom. The molecule has 0 bridgehead atoms. The van der Waals surface area contributed by atoms with E-state index in [0.717, 1.165) is 12.1 Å². The summed E-state index contributed by atoms with van der Waals surface area (Å²) in [7, 11) is 1.34. The molecule has 7 heteroatoms. The van der Waals surface area contributed by atoms with Crippen LogP contribution in [0.1, 0.15) is 46.9 Å². The maximum absolute atomic E-state index is 12.2. The third-order valence-electron chi connectivity index (χ3n) is 3.64. The predicted octanol–water partition coefficient (Wildman–Crippen LogP) is 2.84. The number of benzene rings is 1. The molecule has 0 spiro atoms. The highest BCUT2D eigenvalue weighted by atomic mass is 16.5. The summed E-state index contributed by atoms with van der Waals surface area (Å²) >= 11 is 0. The van der Waals surface area contributed by atoms with E-state index >= 15 is 0 Å². The SMILES string of the molecule is CCC(C)NC(=O)c1cc(Nc2ccc(C(=O)OC)cc2)nc(C)n1. The van der Waals surface area contributed by atoms with Crippen molar-refractivity contribution >= 4 is 23.4 Å². The molecule has 0 fully saturated rings. The zero-order valence-corrected chi connectivity index (χ0v) is 14.8. The number of carbonyl (C=O) groups is 2. The van der Waals surface area contributed by atoms with Gasteiger partial charge in [0.05, 0.1) is 12.7 Å². The summed E-state index contributed by atoms with van der Waals surface area (Å²) in [5.41, 5.74) is 1.50. The summed E-state index contributed by atoms with van der Waals surface area (Å²) in [6.07, 6.45) is 0.841. The molecule has 7 nitrogen and oxygen atoms in total. The van der Waals surface area contributed by atoms with Crippen LogP contribution < -0.4 is 10.6 Å². The minimum Gasteiger partial charge on any atom is -0.465 e. The number of methoxy groups -OCH3 is 1. The van der Waals surface area contributed by atoms with Gasteiger partial charge in [-0.1, -0.05) is 6.92 Å². The van der Waals surface area contributed by atoms with E-state index in [-0.39, 0.29) is 11.9 Å². The lowest BCUT2D eigenvalue weighted by Crippen LogP contribution is -2.32. The average molecular weight is 342 g/mol. The van der Waals surface area contributed by atoms with E-state index < -0.39 is 5.97 Å². The molecule has 0 aliphatic carbocycles. The third kappa shape index (κ3) is 5.00. The lowest BCUT2D eigenvalue weighted by Gasteiger charge is -2.12. The molecule has 2 N–H and O–H groups in total. The first-order chi connectivity index (χ1) is 11.9. The highest BCUT2D eigenvalue weighted by Gasteiger charge is 2.13. The number of aromatic nitrogens is 2. The Labute approximate surface area is 146 Å². The van der Waals surface area contributed by atoms with Gasteiger partial charge in [0.1, 0.15) is 17.3 Å². The molecule has 2 aromatic rings. The minimum absolute atomic E-state index is 0.0741. The molecule has 0 aliphatic heterocycles. The number of ether oxygens (including phenoxy) is 1. The number of nitrogens with zero attached hydrogens (tertiary/aromatic N) is 2. The smallest absolute Gasteiger partial charge is 0.337 e. The number of anilines is 2. The number of aryl methyl sites for hydroxylation is 1. The monoisotopic (exact) mass is 342 g/mol. The van der Waals surface area contributed by atoms with E-state index in [4.69, 9.17) is 0 Å². The largest absolute Gasteiger partial charge is 0.465 e. The molecule has 1 amide bonds. The summed E-state index contributed by atoms with van der Waals surface area (Å²) in [5, 5.41) is 5.99. The Morgan fingerprint density at radius 2 is 1.88 bits per heavy atom. The van der Waals surface area contributed by atoms with Crippen LogP contribution in [-0.4, -0.2) is 35.0 Å². The standard InChI is InChI=1S/C18H22N4O3/c1-5-11(2)19-17(23)15-10-16(21-12(3)20-15)22-14-8-6-13(7-9-14)18(24)25-4/h6-11H,5H2,1-4H3,(H,19,23)(H,20,21,22). The lowest BCUT2D eigenvalue weighted by atomic mass is 10.2. The maximum atomic E-state index is 12.2. The van der Waals surface area contributed by atoms with Gasteiger partial charge < -0.3 is 15.4 Å². The Balaban J connectivity index is 2.17. The number of carbonyl (C=O) groups excluding carboxylic acids is 2. The zero-order chi connectivity index (χ0) is 18.4. The maximum Gasteiger partial charge on any atom is 0.337 e. The fraction of sp³-hybridized carbons (Fsp3) is 0.333. The number of rotatable bonds is 6. The molecule has 1 atom stereocenters. The number of hydrogen-bond acceptors (Lipinski definition) is 6. The van der Waals surface area contributed by atoms with Gasteiger partial charge in [-0.05, 0) is 44.5 Å². The molecule has 0 saturated carbocycles. The quantitative estimate of drug-likeness (QED) is 0.784. The van der Waals surface area contributed by atoms with Gasteiger partial charge in [0.2, 0.25) is 0 Å². The highest BCUT2D eigenvalue weighted by molar-refractivity contribution is 5.93. The van der Waals surface area contributed by atoms with Crippen LogP contribution in [0, 0.1) is 6.92 Å². The van der Waals surface area contributed by atoms with Gasteiger partial charge in [0.15, 0.2) is 0 Å². The van der Waals surface area contributed by atoms with Crippen molar-refractivity contribution in [3.63, 3.8) is 0 Å². The Hall–Kier alpha value is -2.96. The van der Waals surface area contributed by atoms with Gasteiger partial charge in [0, 0.05) is 17.8 Å². The molecule has 25 heavy (non-hydrogen) atoms. The lowest BCUT2D eigenvalue weighted by molar-refractivity contribution is 0.0600. The van der Waals surface area contributed by atoms with Gasteiger partial charge in [-0.25, -0.2) is 14.8 Å². The van der Waals surface area contributed by atoms with Crippen molar-refractivity contribution in [2.24, 2.45) is 0 Å². The van der Waals surface area contributed by atoms with Crippen molar-refractivity contribution in [1.29, 1.82) is 0 Å². The van der Waals surface area contributed by atoms with Gasteiger partial charge in [-0.3, -0.25) is 4.79 Å². The van der Waals surface area contributed by atoms with Crippen molar-refractivity contribution in [1.82, 2.24) is 15.3 Å². The van der Waals surface area contributed by atoms with Crippen LogP contribution in [0.2, 0.25) is 0 Å². The molecule has 2 rings (SSSR count). The van der Waals surface area contributed by atoms with Gasteiger partial charge >= 0.3 is 5.97 Å².